The van der Waals surface area contributed by atoms with Crippen LogP contribution in [0.1, 0.15) is 34.6 Å². The van der Waals surface area contributed by atoms with Crippen LogP contribution in [0.4, 0.5) is 13.2 Å². The zero-order chi connectivity index (χ0) is 24.0. The van der Waals surface area contributed by atoms with E-state index in [1.54, 1.807) is 20.8 Å². The van der Waals surface area contributed by atoms with Crippen molar-refractivity contribution in [3.8, 4) is 0 Å². The van der Waals surface area contributed by atoms with Gasteiger partial charge in [0, 0.05) is 25.2 Å². The SMILES string of the molecule is C=C(/C=C(\C=C/C)OC(F)(F)F)N1CCOC(C(OC(C)=O)C(=O)OC(C)(C)C)C1=O. The molecule has 31 heavy (non-hydrogen) atoms. The first kappa shape index (κ1) is 26.2. The third kappa shape index (κ3) is 8.83. The molecule has 0 N–H and O–H groups in total. The number of alkyl halides is 3. The number of rotatable bonds is 7. The van der Waals surface area contributed by atoms with Gasteiger partial charge in [-0.05, 0) is 33.8 Å². The number of esters is 2. The van der Waals surface area contributed by atoms with Crippen molar-refractivity contribution in [3.05, 3.63) is 36.3 Å². The first-order valence-electron chi connectivity index (χ1n) is 9.26. The number of amides is 1. The second kappa shape index (κ2) is 10.5. The Bertz CT molecular complexity index is 766. The van der Waals surface area contributed by atoms with Gasteiger partial charge in [-0.1, -0.05) is 12.7 Å². The second-order valence-corrected chi connectivity index (χ2v) is 7.43. The lowest BCUT2D eigenvalue weighted by molar-refractivity contribution is -0.303. The summed E-state index contributed by atoms with van der Waals surface area (Å²) in [6, 6.07) is 0. The highest BCUT2D eigenvalue weighted by Crippen LogP contribution is 2.25. The molecule has 1 fully saturated rings. The van der Waals surface area contributed by atoms with E-state index in [-0.39, 0.29) is 18.8 Å². The Kier molecular flexibility index (Phi) is 8.85. The molecule has 1 saturated heterocycles. The number of allylic oxidation sites excluding steroid dienone is 3. The van der Waals surface area contributed by atoms with Crippen LogP contribution in [-0.4, -0.2) is 60.1 Å². The van der Waals surface area contributed by atoms with Crippen LogP contribution in [0.15, 0.2) is 36.3 Å². The normalized spacial score (nSPS) is 19.2. The van der Waals surface area contributed by atoms with Crippen molar-refractivity contribution >= 4 is 17.8 Å². The number of carbonyl (C=O) groups is 3. The number of morpholine rings is 1. The highest BCUT2D eigenvalue weighted by Gasteiger charge is 2.44. The third-order valence-corrected chi connectivity index (χ3v) is 3.55. The van der Waals surface area contributed by atoms with E-state index in [0.29, 0.717) is 0 Å². The Morgan fingerprint density at radius 1 is 1.26 bits per heavy atom. The molecule has 0 bridgehead atoms. The van der Waals surface area contributed by atoms with Crippen LogP contribution in [0.2, 0.25) is 0 Å². The standard InChI is InChI=1S/C20H26F3NO7/c1-7-8-14(30-20(21,22)23)11-12(2)24-9-10-28-15(17(24)26)16(29-13(3)25)18(27)31-19(4,5)6/h7-8,11,15-16H,2,9-10H2,1,3-6H3/b8-7-,14-11+. The monoisotopic (exact) mass is 449 g/mol. The lowest BCUT2D eigenvalue weighted by Gasteiger charge is -2.35. The Morgan fingerprint density at radius 3 is 2.35 bits per heavy atom. The first-order chi connectivity index (χ1) is 14.1. The first-order valence-corrected chi connectivity index (χ1v) is 9.26. The van der Waals surface area contributed by atoms with Gasteiger partial charge in [-0.25, -0.2) is 4.79 Å². The summed E-state index contributed by atoms with van der Waals surface area (Å²) in [6.45, 7) is 10.7. The fourth-order valence-electron chi connectivity index (χ4n) is 2.53. The summed E-state index contributed by atoms with van der Waals surface area (Å²) in [6.07, 6.45) is -4.93. The van der Waals surface area contributed by atoms with E-state index in [1.807, 2.05) is 0 Å². The molecule has 0 aliphatic carbocycles. The Labute approximate surface area is 178 Å². The molecule has 2 unspecified atom stereocenters. The summed E-state index contributed by atoms with van der Waals surface area (Å²) < 4.78 is 57.2. The van der Waals surface area contributed by atoms with E-state index in [1.165, 1.54) is 13.0 Å². The summed E-state index contributed by atoms with van der Waals surface area (Å²) in [5.41, 5.74) is -1.07. The molecule has 0 radical (unpaired) electrons. The van der Waals surface area contributed by atoms with Gasteiger partial charge in [0.25, 0.3) is 5.91 Å². The average molecular weight is 449 g/mol. The van der Waals surface area contributed by atoms with E-state index in [4.69, 9.17) is 14.2 Å². The molecule has 174 valence electrons. The Hall–Kier alpha value is -2.82. The lowest BCUT2D eigenvalue weighted by atomic mass is 10.1. The van der Waals surface area contributed by atoms with E-state index >= 15 is 0 Å². The minimum atomic E-state index is -4.94. The average Bonchev–Trinajstić information content (AvgIpc) is 2.57. The summed E-state index contributed by atoms with van der Waals surface area (Å²) in [5, 5.41) is 0. The number of hydrogen-bond acceptors (Lipinski definition) is 7. The summed E-state index contributed by atoms with van der Waals surface area (Å²) in [4.78, 5) is 37.9. The van der Waals surface area contributed by atoms with E-state index in [2.05, 4.69) is 11.3 Å². The quantitative estimate of drug-likeness (QED) is 0.335. The molecule has 0 saturated carbocycles. The maximum absolute atomic E-state index is 12.9. The van der Waals surface area contributed by atoms with Crippen LogP contribution in [0, 0.1) is 0 Å². The van der Waals surface area contributed by atoms with Gasteiger partial charge >= 0.3 is 18.3 Å². The smallest absolute Gasteiger partial charge is 0.457 e. The van der Waals surface area contributed by atoms with Crippen molar-refractivity contribution in [2.45, 2.75) is 58.8 Å². The number of carbonyl (C=O) groups excluding carboxylic acids is 3. The van der Waals surface area contributed by atoms with Crippen molar-refractivity contribution in [2.24, 2.45) is 0 Å². The molecule has 0 aromatic heterocycles. The zero-order valence-corrected chi connectivity index (χ0v) is 17.9. The summed E-state index contributed by atoms with van der Waals surface area (Å²) in [7, 11) is 0. The number of hydrogen-bond donors (Lipinski definition) is 0. The molecule has 0 spiro atoms. The van der Waals surface area contributed by atoms with Crippen molar-refractivity contribution in [3.63, 3.8) is 0 Å². The maximum Gasteiger partial charge on any atom is 0.573 e. The maximum atomic E-state index is 12.9. The van der Waals surface area contributed by atoms with Crippen molar-refractivity contribution in [2.75, 3.05) is 13.2 Å². The van der Waals surface area contributed by atoms with Crippen LogP contribution < -0.4 is 0 Å². The van der Waals surface area contributed by atoms with Crippen LogP contribution >= 0.6 is 0 Å². The zero-order valence-electron chi connectivity index (χ0n) is 17.9. The minimum absolute atomic E-state index is 0.0546. The Morgan fingerprint density at radius 2 is 1.87 bits per heavy atom. The van der Waals surface area contributed by atoms with Crippen LogP contribution in [0.5, 0.6) is 0 Å². The van der Waals surface area contributed by atoms with Gasteiger partial charge in [-0.15, -0.1) is 13.2 Å². The largest absolute Gasteiger partial charge is 0.573 e. The van der Waals surface area contributed by atoms with Crippen molar-refractivity contribution in [1.29, 1.82) is 0 Å². The van der Waals surface area contributed by atoms with Gasteiger partial charge in [0.15, 0.2) is 6.10 Å². The van der Waals surface area contributed by atoms with Gasteiger partial charge < -0.3 is 23.8 Å². The number of nitrogens with zero attached hydrogens (tertiary/aromatic N) is 1. The summed E-state index contributed by atoms with van der Waals surface area (Å²) >= 11 is 0. The van der Waals surface area contributed by atoms with E-state index in [0.717, 1.165) is 24.0 Å². The van der Waals surface area contributed by atoms with Gasteiger partial charge in [-0.2, -0.15) is 0 Å². The molecule has 1 heterocycles. The molecular weight excluding hydrogens is 423 g/mol. The van der Waals surface area contributed by atoms with Crippen LogP contribution in [0.25, 0.3) is 0 Å². The molecule has 8 nitrogen and oxygen atoms in total. The Balaban J connectivity index is 3.15. The fraction of sp³-hybridized carbons (Fsp3) is 0.550. The molecule has 1 rings (SSSR count). The van der Waals surface area contributed by atoms with Crippen LogP contribution in [-0.2, 0) is 33.3 Å². The predicted octanol–water partition coefficient (Wildman–Crippen LogP) is 3.00. The topological polar surface area (TPSA) is 91.4 Å². The highest BCUT2D eigenvalue weighted by molar-refractivity contribution is 5.91. The van der Waals surface area contributed by atoms with Gasteiger partial charge in [0.1, 0.15) is 11.4 Å². The van der Waals surface area contributed by atoms with Gasteiger partial charge in [-0.3, -0.25) is 9.59 Å². The van der Waals surface area contributed by atoms with Gasteiger partial charge in [0.05, 0.1) is 6.61 Å². The van der Waals surface area contributed by atoms with E-state index in [9.17, 15) is 27.6 Å². The minimum Gasteiger partial charge on any atom is -0.457 e. The summed E-state index contributed by atoms with van der Waals surface area (Å²) in [5.74, 6) is -3.29. The molecule has 0 aromatic rings. The van der Waals surface area contributed by atoms with Crippen molar-refractivity contribution < 1.29 is 46.5 Å². The molecule has 1 aliphatic heterocycles. The molecule has 0 aromatic carbocycles. The molecule has 1 amide bonds. The molecular formula is C20H26F3NO7. The third-order valence-electron chi connectivity index (χ3n) is 3.55. The number of ether oxygens (including phenoxy) is 4. The molecule has 2 atom stereocenters. The van der Waals surface area contributed by atoms with Crippen LogP contribution in [0.3, 0.4) is 0 Å². The predicted molar refractivity (Wildman–Crippen MR) is 102 cm³/mol. The highest BCUT2D eigenvalue weighted by atomic mass is 19.4. The van der Waals surface area contributed by atoms with Gasteiger partial charge in [0.2, 0.25) is 6.10 Å². The van der Waals surface area contributed by atoms with E-state index < -0.39 is 47.8 Å². The number of halogens is 3. The molecule has 1 aliphatic rings. The van der Waals surface area contributed by atoms with Crippen molar-refractivity contribution in [1.82, 2.24) is 4.90 Å². The lowest BCUT2D eigenvalue weighted by Crippen LogP contribution is -2.55. The fourth-order valence-corrected chi connectivity index (χ4v) is 2.53. The second-order valence-electron chi connectivity index (χ2n) is 7.43. The molecule has 11 heteroatoms.